The Morgan fingerprint density at radius 2 is 1.38 bits per heavy atom. The Morgan fingerprint density at radius 1 is 0.853 bits per heavy atom. The molecule has 0 aliphatic rings. The summed E-state index contributed by atoms with van der Waals surface area (Å²) < 4.78 is 11.2. The van der Waals surface area contributed by atoms with Crippen molar-refractivity contribution >= 4 is 17.6 Å². The zero-order valence-corrected chi connectivity index (χ0v) is 21.6. The summed E-state index contributed by atoms with van der Waals surface area (Å²) in [6.07, 6.45) is 10.3. The molecule has 0 saturated carbocycles. The van der Waals surface area contributed by atoms with Gasteiger partial charge in [0.1, 0.15) is 12.4 Å². The van der Waals surface area contributed by atoms with Crippen molar-refractivity contribution in [3.8, 4) is 16.9 Å². The smallest absolute Gasteiger partial charge is 0.338 e. The second-order valence-corrected chi connectivity index (χ2v) is 9.56. The van der Waals surface area contributed by atoms with Crippen molar-refractivity contribution in [2.24, 2.45) is 5.92 Å². The van der Waals surface area contributed by atoms with Crippen molar-refractivity contribution in [3.05, 3.63) is 54.1 Å². The molecule has 0 bridgehead atoms. The molecule has 0 saturated heterocycles. The molecule has 0 aliphatic carbocycles. The quantitative estimate of drug-likeness (QED) is 0.141. The van der Waals surface area contributed by atoms with Crippen LogP contribution in [0.4, 0.5) is 0 Å². The minimum atomic E-state index is -0.342. The van der Waals surface area contributed by atoms with Gasteiger partial charge in [-0.2, -0.15) is 0 Å². The van der Waals surface area contributed by atoms with Gasteiger partial charge in [-0.05, 0) is 54.2 Å². The van der Waals surface area contributed by atoms with Gasteiger partial charge in [0.05, 0.1) is 17.5 Å². The molecule has 0 spiro atoms. The highest BCUT2D eigenvalue weighted by molar-refractivity contribution is 6.21. The summed E-state index contributed by atoms with van der Waals surface area (Å²) in [6.45, 7) is 5.41. The average molecular weight is 489 g/mol. The third-order valence-corrected chi connectivity index (χ3v) is 6.82. The topological polar surface area (TPSA) is 55.8 Å². The van der Waals surface area contributed by atoms with E-state index >= 15 is 0 Å². The van der Waals surface area contributed by atoms with Crippen LogP contribution in [0.25, 0.3) is 11.1 Å². The van der Waals surface area contributed by atoms with E-state index in [1.54, 1.807) is 12.1 Å². The molecular formula is C29H41ClO4. The molecule has 0 heterocycles. The highest BCUT2D eigenvalue weighted by Gasteiger charge is 2.16. The summed E-state index contributed by atoms with van der Waals surface area (Å²) in [5, 5.41) is 8.61. The number of rotatable bonds is 17. The van der Waals surface area contributed by atoms with Gasteiger partial charge in [-0.25, -0.2) is 4.79 Å². The van der Waals surface area contributed by atoms with Crippen LogP contribution in [0.2, 0.25) is 0 Å². The van der Waals surface area contributed by atoms with E-state index in [1.165, 1.54) is 32.1 Å². The maximum Gasteiger partial charge on any atom is 0.338 e. The lowest BCUT2D eigenvalue weighted by Crippen LogP contribution is -2.20. The van der Waals surface area contributed by atoms with Crippen molar-refractivity contribution in [2.45, 2.75) is 77.0 Å². The lowest BCUT2D eigenvalue weighted by Gasteiger charge is -2.16. The molecule has 5 heteroatoms. The van der Waals surface area contributed by atoms with Crippen molar-refractivity contribution in [2.75, 3.05) is 19.8 Å². The number of esters is 1. The number of benzene rings is 2. The van der Waals surface area contributed by atoms with Crippen LogP contribution in [0.3, 0.4) is 0 Å². The molecule has 2 aromatic carbocycles. The standard InChI is InChI=1S/C29H41ClO4/c1-3-23(2)28(30)22-34-29(32)26-14-12-24(13-15-26)25-16-18-27(19-17-25)33-21-11-9-7-5-4-6-8-10-20-31/h12-19,23,28,31H,3-11,20-22H2,1-2H3. The molecule has 34 heavy (non-hydrogen) atoms. The molecule has 2 rings (SSSR count). The fraction of sp³-hybridized carbons (Fsp3) is 0.552. The predicted molar refractivity (Wildman–Crippen MR) is 141 cm³/mol. The van der Waals surface area contributed by atoms with E-state index in [-0.39, 0.29) is 18.0 Å². The summed E-state index contributed by atoms with van der Waals surface area (Å²) in [4.78, 5) is 12.3. The first-order valence-electron chi connectivity index (χ1n) is 12.8. The minimum Gasteiger partial charge on any atom is -0.494 e. The number of aliphatic hydroxyl groups excluding tert-OH is 1. The summed E-state index contributed by atoms with van der Waals surface area (Å²) in [5.41, 5.74) is 2.64. The van der Waals surface area contributed by atoms with Crippen LogP contribution in [-0.2, 0) is 4.74 Å². The van der Waals surface area contributed by atoms with Crippen molar-refractivity contribution in [1.29, 1.82) is 0 Å². The van der Waals surface area contributed by atoms with Crippen molar-refractivity contribution in [3.63, 3.8) is 0 Å². The third kappa shape index (κ3) is 10.5. The van der Waals surface area contributed by atoms with E-state index in [4.69, 9.17) is 26.2 Å². The number of hydrogen-bond acceptors (Lipinski definition) is 4. The van der Waals surface area contributed by atoms with Gasteiger partial charge in [-0.1, -0.05) is 83.1 Å². The first-order chi connectivity index (χ1) is 16.5. The van der Waals surface area contributed by atoms with Crippen LogP contribution in [-0.4, -0.2) is 36.3 Å². The highest BCUT2D eigenvalue weighted by atomic mass is 35.5. The molecule has 0 amide bonds. The number of carbonyl (C=O) groups is 1. The molecule has 2 aromatic rings. The minimum absolute atomic E-state index is 0.165. The van der Waals surface area contributed by atoms with Crippen LogP contribution < -0.4 is 4.74 Å². The number of unbranched alkanes of at least 4 members (excludes halogenated alkanes) is 7. The lowest BCUT2D eigenvalue weighted by atomic mass is 10.0. The molecule has 1 N–H and O–H groups in total. The van der Waals surface area contributed by atoms with Gasteiger partial charge in [0.25, 0.3) is 0 Å². The molecule has 0 aromatic heterocycles. The lowest BCUT2D eigenvalue weighted by molar-refractivity contribution is 0.0489. The van der Waals surface area contributed by atoms with Crippen molar-refractivity contribution < 1.29 is 19.4 Å². The number of alkyl halides is 1. The normalized spacial score (nSPS) is 12.8. The SMILES string of the molecule is CCC(C)C(Cl)COC(=O)c1ccc(-c2ccc(OCCCCCCCCCCO)cc2)cc1. The summed E-state index contributed by atoms with van der Waals surface area (Å²) in [6, 6.07) is 15.5. The zero-order chi connectivity index (χ0) is 24.6. The van der Waals surface area contributed by atoms with E-state index < -0.39 is 0 Å². The Kier molecular flexibility index (Phi) is 13.7. The molecule has 0 fully saturated rings. The number of ether oxygens (including phenoxy) is 2. The Bertz CT molecular complexity index is 804. The van der Waals surface area contributed by atoms with Crippen LogP contribution in [0.5, 0.6) is 5.75 Å². The monoisotopic (exact) mass is 488 g/mol. The number of aliphatic hydroxyl groups is 1. The zero-order valence-electron chi connectivity index (χ0n) is 20.8. The Hall–Kier alpha value is -2.04. The molecule has 2 atom stereocenters. The van der Waals surface area contributed by atoms with E-state index in [0.717, 1.165) is 49.2 Å². The van der Waals surface area contributed by atoms with Gasteiger partial charge >= 0.3 is 5.97 Å². The van der Waals surface area contributed by atoms with Crippen LogP contribution in [0.1, 0.15) is 82.0 Å². The van der Waals surface area contributed by atoms with E-state index in [1.807, 2.05) is 36.4 Å². The number of hydrogen-bond donors (Lipinski definition) is 1. The summed E-state index contributed by atoms with van der Waals surface area (Å²) in [5.74, 6) is 0.845. The van der Waals surface area contributed by atoms with Gasteiger partial charge in [0.2, 0.25) is 0 Å². The summed E-state index contributed by atoms with van der Waals surface area (Å²) in [7, 11) is 0. The Morgan fingerprint density at radius 3 is 1.94 bits per heavy atom. The fourth-order valence-electron chi connectivity index (χ4n) is 3.67. The molecule has 0 aliphatic heterocycles. The van der Waals surface area contributed by atoms with E-state index in [0.29, 0.717) is 18.1 Å². The second-order valence-electron chi connectivity index (χ2n) is 9.00. The van der Waals surface area contributed by atoms with Crippen LogP contribution in [0.15, 0.2) is 48.5 Å². The van der Waals surface area contributed by atoms with Crippen LogP contribution >= 0.6 is 11.6 Å². The maximum atomic E-state index is 12.3. The van der Waals surface area contributed by atoms with Crippen LogP contribution in [0, 0.1) is 5.92 Å². The van der Waals surface area contributed by atoms with Gasteiger partial charge in [0.15, 0.2) is 0 Å². The Balaban J connectivity index is 1.69. The third-order valence-electron chi connectivity index (χ3n) is 6.26. The molecule has 4 nitrogen and oxygen atoms in total. The largest absolute Gasteiger partial charge is 0.494 e. The average Bonchev–Trinajstić information content (AvgIpc) is 2.88. The van der Waals surface area contributed by atoms with Crippen molar-refractivity contribution in [1.82, 2.24) is 0 Å². The first kappa shape index (κ1) is 28.2. The first-order valence-corrected chi connectivity index (χ1v) is 13.2. The highest BCUT2D eigenvalue weighted by Crippen LogP contribution is 2.23. The number of carbonyl (C=O) groups excluding carboxylic acids is 1. The van der Waals surface area contributed by atoms with Gasteiger partial charge in [-0.15, -0.1) is 11.6 Å². The summed E-state index contributed by atoms with van der Waals surface area (Å²) >= 11 is 6.27. The molecule has 0 radical (unpaired) electrons. The van der Waals surface area contributed by atoms with Gasteiger partial charge in [-0.3, -0.25) is 0 Å². The van der Waals surface area contributed by atoms with Gasteiger partial charge in [0, 0.05) is 6.61 Å². The predicted octanol–water partition coefficient (Wildman–Crippen LogP) is 7.66. The van der Waals surface area contributed by atoms with E-state index in [2.05, 4.69) is 13.8 Å². The molecule has 2 unspecified atom stereocenters. The van der Waals surface area contributed by atoms with Gasteiger partial charge < -0.3 is 14.6 Å². The Labute approximate surface area is 210 Å². The van der Waals surface area contributed by atoms with E-state index in [9.17, 15) is 4.79 Å². The number of halogens is 1. The fourth-order valence-corrected chi connectivity index (χ4v) is 3.91. The second kappa shape index (κ2) is 16.6. The molecule has 188 valence electrons. The molecular weight excluding hydrogens is 448 g/mol. The maximum absolute atomic E-state index is 12.3.